The number of aromatic nitrogens is 3. The molecule has 0 aliphatic rings. The van der Waals surface area contributed by atoms with Crippen molar-refractivity contribution < 1.29 is 14.3 Å². The van der Waals surface area contributed by atoms with Gasteiger partial charge >= 0.3 is 0 Å². The van der Waals surface area contributed by atoms with E-state index in [1.807, 2.05) is 108 Å². The summed E-state index contributed by atoms with van der Waals surface area (Å²) >= 11 is 1.29. The highest BCUT2D eigenvalue weighted by molar-refractivity contribution is 7.99. The molecule has 1 aromatic heterocycles. The highest BCUT2D eigenvalue weighted by Gasteiger charge is 2.17. The Hall–Kier alpha value is -4.89. The predicted molar refractivity (Wildman–Crippen MR) is 157 cm³/mol. The zero-order valence-corrected chi connectivity index (χ0v) is 22.6. The van der Waals surface area contributed by atoms with Gasteiger partial charge in [0, 0.05) is 11.3 Å². The monoisotopic (exact) mass is 549 g/mol. The molecule has 0 unspecified atom stereocenters. The maximum absolute atomic E-state index is 12.6. The Bertz CT molecular complexity index is 1580. The van der Waals surface area contributed by atoms with Crippen LogP contribution in [0.3, 0.4) is 0 Å². The van der Waals surface area contributed by atoms with Gasteiger partial charge in [-0.1, -0.05) is 90.6 Å². The van der Waals surface area contributed by atoms with Gasteiger partial charge in [0.05, 0.1) is 19.1 Å². The second-order valence-corrected chi connectivity index (χ2v) is 9.55. The number of para-hydroxylation sites is 1. The van der Waals surface area contributed by atoms with Gasteiger partial charge in [-0.15, -0.1) is 10.2 Å². The van der Waals surface area contributed by atoms with Crippen LogP contribution in [0, 0.1) is 0 Å². The number of hydrogen-bond acceptors (Lipinski definition) is 7. The van der Waals surface area contributed by atoms with Crippen LogP contribution in [0.2, 0.25) is 0 Å². The molecule has 0 fully saturated rings. The molecular formula is C31H27N5O3S. The second-order valence-electron chi connectivity index (χ2n) is 8.61. The summed E-state index contributed by atoms with van der Waals surface area (Å²) in [5.74, 6) is 1.77. The summed E-state index contributed by atoms with van der Waals surface area (Å²) in [4.78, 5) is 12.6. The van der Waals surface area contributed by atoms with E-state index in [1.165, 1.54) is 11.8 Å². The van der Waals surface area contributed by atoms with Gasteiger partial charge in [-0.25, -0.2) is 5.43 Å². The molecular weight excluding hydrogens is 522 g/mol. The van der Waals surface area contributed by atoms with Crippen LogP contribution in [-0.4, -0.2) is 39.7 Å². The number of ether oxygens (including phenoxy) is 2. The molecule has 1 amide bonds. The first kappa shape index (κ1) is 26.7. The Kier molecular flexibility index (Phi) is 8.85. The largest absolute Gasteiger partial charge is 0.493 e. The van der Waals surface area contributed by atoms with Crippen LogP contribution in [0.5, 0.6) is 11.5 Å². The van der Waals surface area contributed by atoms with Crippen LogP contribution in [-0.2, 0) is 11.4 Å². The minimum absolute atomic E-state index is 0.118. The number of hydrogen-bond donors (Lipinski definition) is 1. The summed E-state index contributed by atoms with van der Waals surface area (Å²) in [6.07, 6.45) is 1.56. The Morgan fingerprint density at radius 3 is 2.33 bits per heavy atom. The molecule has 0 bridgehead atoms. The van der Waals surface area contributed by atoms with Gasteiger partial charge in [-0.05, 0) is 41.5 Å². The smallest absolute Gasteiger partial charge is 0.250 e. The summed E-state index contributed by atoms with van der Waals surface area (Å²) in [6.45, 7) is 0.434. The second kappa shape index (κ2) is 13.3. The molecule has 40 heavy (non-hydrogen) atoms. The molecule has 0 saturated carbocycles. The lowest BCUT2D eigenvalue weighted by Gasteiger charge is -2.11. The Balaban J connectivity index is 1.21. The van der Waals surface area contributed by atoms with Gasteiger partial charge in [0.2, 0.25) is 0 Å². The predicted octanol–water partition coefficient (Wildman–Crippen LogP) is 5.76. The topological polar surface area (TPSA) is 90.6 Å². The Morgan fingerprint density at radius 2 is 1.60 bits per heavy atom. The van der Waals surface area contributed by atoms with Crippen LogP contribution in [0.15, 0.2) is 119 Å². The van der Waals surface area contributed by atoms with Gasteiger partial charge in [-0.2, -0.15) is 5.10 Å². The number of benzene rings is 4. The summed E-state index contributed by atoms with van der Waals surface area (Å²) in [6, 6.07) is 35.0. The minimum Gasteiger partial charge on any atom is -0.493 e. The molecule has 0 saturated heterocycles. The zero-order valence-electron chi connectivity index (χ0n) is 21.8. The number of nitrogens with zero attached hydrogens (tertiary/aromatic N) is 4. The van der Waals surface area contributed by atoms with Gasteiger partial charge in [0.15, 0.2) is 22.5 Å². The van der Waals surface area contributed by atoms with Crippen molar-refractivity contribution >= 4 is 23.9 Å². The number of methoxy groups -OCH3 is 1. The van der Waals surface area contributed by atoms with Crippen molar-refractivity contribution in [2.45, 2.75) is 11.8 Å². The number of carbonyl (C=O) groups excluding carboxylic acids is 1. The molecule has 1 N–H and O–H groups in total. The molecule has 1 heterocycles. The summed E-state index contributed by atoms with van der Waals surface area (Å²) in [5, 5.41) is 13.5. The number of thioether (sulfide) groups is 1. The molecule has 0 spiro atoms. The summed E-state index contributed by atoms with van der Waals surface area (Å²) in [7, 11) is 1.59. The quantitative estimate of drug-likeness (QED) is 0.128. The van der Waals surface area contributed by atoms with Crippen molar-refractivity contribution in [2.24, 2.45) is 5.10 Å². The fraction of sp³-hybridized carbons (Fsp3) is 0.0968. The molecule has 4 aromatic carbocycles. The van der Waals surface area contributed by atoms with E-state index >= 15 is 0 Å². The molecule has 200 valence electrons. The van der Waals surface area contributed by atoms with Crippen molar-refractivity contribution in [3.63, 3.8) is 0 Å². The third-order valence-electron chi connectivity index (χ3n) is 5.84. The third kappa shape index (κ3) is 6.75. The van der Waals surface area contributed by atoms with E-state index in [9.17, 15) is 4.79 Å². The molecule has 0 aliphatic heterocycles. The van der Waals surface area contributed by atoms with Crippen molar-refractivity contribution in [3.8, 4) is 28.6 Å². The van der Waals surface area contributed by atoms with E-state index in [4.69, 9.17) is 9.47 Å². The fourth-order valence-electron chi connectivity index (χ4n) is 3.91. The number of amides is 1. The number of nitrogens with one attached hydrogen (secondary N) is 1. The van der Waals surface area contributed by atoms with E-state index in [0.29, 0.717) is 29.1 Å². The zero-order chi connectivity index (χ0) is 27.6. The van der Waals surface area contributed by atoms with Crippen LogP contribution >= 0.6 is 11.8 Å². The molecule has 0 radical (unpaired) electrons. The molecule has 5 aromatic rings. The van der Waals surface area contributed by atoms with E-state index in [2.05, 4.69) is 20.7 Å². The standard InChI is InChI=1S/C31H27N5O3S/c1-38-28-19-24(17-18-27(28)39-21-23-11-5-2-6-12-23)20-32-33-29(37)22-40-31-35-34-30(25-13-7-3-8-14-25)36(31)26-15-9-4-10-16-26/h2-20H,21-22H2,1H3,(H,33,37). The van der Waals surface area contributed by atoms with Gasteiger partial charge in [-0.3, -0.25) is 9.36 Å². The molecule has 0 atom stereocenters. The number of carbonyl (C=O) groups is 1. The van der Waals surface area contributed by atoms with Crippen molar-refractivity contribution in [2.75, 3.05) is 12.9 Å². The first-order valence-corrected chi connectivity index (χ1v) is 13.6. The lowest BCUT2D eigenvalue weighted by molar-refractivity contribution is -0.118. The lowest BCUT2D eigenvalue weighted by Crippen LogP contribution is -2.20. The third-order valence-corrected chi connectivity index (χ3v) is 6.77. The fourth-order valence-corrected chi connectivity index (χ4v) is 4.65. The molecule has 8 nitrogen and oxygen atoms in total. The highest BCUT2D eigenvalue weighted by Crippen LogP contribution is 2.29. The maximum Gasteiger partial charge on any atom is 0.250 e. The highest BCUT2D eigenvalue weighted by atomic mass is 32.2. The first-order chi connectivity index (χ1) is 19.7. The van der Waals surface area contributed by atoms with Crippen molar-refractivity contribution in [3.05, 3.63) is 120 Å². The summed E-state index contributed by atoms with van der Waals surface area (Å²) in [5.41, 5.74) is 6.25. The van der Waals surface area contributed by atoms with Crippen LogP contribution in [0.25, 0.3) is 17.1 Å². The number of hydrazone groups is 1. The van der Waals surface area contributed by atoms with Gasteiger partial charge < -0.3 is 9.47 Å². The SMILES string of the molecule is COc1cc(C=NNC(=O)CSc2nnc(-c3ccccc3)n2-c2ccccc2)ccc1OCc1ccccc1. The van der Waals surface area contributed by atoms with E-state index in [0.717, 1.165) is 22.4 Å². The minimum atomic E-state index is -0.264. The van der Waals surface area contributed by atoms with Gasteiger partial charge in [0.25, 0.3) is 5.91 Å². The van der Waals surface area contributed by atoms with Crippen LogP contribution < -0.4 is 14.9 Å². The average Bonchev–Trinajstić information content (AvgIpc) is 3.44. The maximum atomic E-state index is 12.6. The molecule has 0 aliphatic carbocycles. The Labute approximate surface area is 236 Å². The first-order valence-electron chi connectivity index (χ1n) is 12.6. The number of rotatable bonds is 11. The molecule has 9 heteroatoms. The van der Waals surface area contributed by atoms with E-state index < -0.39 is 0 Å². The van der Waals surface area contributed by atoms with Crippen molar-refractivity contribution in [1.82, 2.24) is 20.2 Å². The lowest BCUT2D eigenvalue weighted by atomic mass is 10.2. The van der Waals surface area contributed by atoms with Crippen LogP contribution in [0.4, 0.5) is 0 Å². The van der Waals surface area contributed by atoms with Crippen molar-refractivity contribution in [1.29, 1.82) is 0 Å². The normalized spacial score (nSPS) is 10.9. The molecule has 5 rings (SSSR count). The summed E-state index contributed by atoms with van der Waals surface area (Å²) < 4.78 is 13.3. The van der Waals surface area contributed by atoms with Gasteiger partial charge in [0.1, 0.15) is 6.61 Å². The van der Waals surface area contributed by atoms with Crippen LogP contribution in [0.1, 0.15) is 11.1 Å². The Morgan fingerprint density at radius 1 is 0.900 bits per heavy atom. The average molecular weight is 550 g/mol. The van der Waals surface area contributed by atoms with E-state index in [1.54, 1.807) is 19.4 Å². The van der Waals surface area contributed by atoms with E-state index in [-0.39, 0.29) is 11.7 Å².